The number of pyridine rings is 1. The summed E-state index contributed by atoms with van der Waals surface area (Å²) >= 11 is 3.40. The average Bonchev–Trinajstić information content (AvgIpc) is 2.27. The van der Waals surface area contributed by atoms with Crippen LogP contribution >= 0.6 is 15.9 Å². The Morgan fingerprint density at radius 1 is 1.39 bits per heavy atom. The molecule has 0 radical (unpaired) electrons. The summed E-state index contributed by atoms with van der Waals surface area (Å²) in [6.07, 6.45) is 2.12. The van der Waals surface area contributed by atoms with Gasteiger partial charge in [0, 0.05) is 32.9 Å². The van der Waals surface area contributed by atoms with Crippen molar-refractivity contribution in [3.05, 3.63) is 28.5 Å². The second-order valence-electron chi connectivity index (χ2n) is 5.50. The zero-order valence-electron chi connectivity index (χ0n) is 11.6. The summed E-state index contributed by atoms with van der Waals surface area (Å²) < 4.78 is 13.0. The van der Waals surface area contributed by atoms with Gasteiger partial charge < -0.3 is 0 Å². The molecule has 1 heterocycles. The smallest absolute Gasteiger partial charge is 0.106 e. The lowest BCUT2D eigenvalue weighted by Gasteiger charge is -2.22. The van der Waals surface area contributed by atoms with E-state index < -0.39 is 10.8 Å². The lowest BCUT2D eigenvalue weighted by molar-refractivity contribution is 0.613. The first kappa shape index (κ1) is 15.8. The molecule has 102 valence electrons. The monoisotopic (exact) mass is 331 g/mol. The quantitative estimate of drug-likeness (QED) is 0.754. The van der Waals surface area contributed by atoms with Crippen LogP contribution in [0.3, 0.4) is 0 Å². The van der Waals surface area contributed by atoms with Gasteiger partial charge in [-0.2, -0.15) is 0 Å². The Kier molecular flexibility index (Phi) is 5.99. The van der Waals surface area contributed by atoms with Crippen molar-refractivity contribution in [1.82, 2.24) is 4.98 Å². The van der Waals surface area contributed by atoms with E-state index in [1.165, 1.54) is 0 Å². The van der Waals surface area contributed by atoms with E-state index in [1.54, 1.807) is 0 Å². The lowest BCUT2D eigenvalue weighted by Crippen LogP contribution is -2.27. The maximum absolute atomic E-state index is 12.3. The van der Waals surface area contributed by atoms with E-state index in [9.17, 15) is 4.21 Å². The molecule has 0 N–H and O–H groups in total. The van der Waals surface area contributed by atoms with Gasteiger partial charge >= 0.3 is 0 Å². The summed E-state index contributed by atoms with van der Waals surface area (Å²) in [5, 5.41) is 0. The van der Waals surface area contributed by atoms with E-state index in [0.29, 0.717) is 5.75 Å². The Morgan fingerprint density at radius 2 is 2.06 bits per heavy atom. The van der Waals surface area contributed by atoms with Gasteiger partial charge in [-0.25, -0.2) is 4.98 Å². The number of halogens is 1. The molecule has 0 bridgehead atoms. The molecule has 1 aromatic rings. The molecule has 0 saturated heterocycles. The van der Waals surface area contributed by atoms with Crippen LogP contribution in [0.5, 0.6) is 0 Å². The minimum atomic E-state index is -0.831. The molecular weight excluding hydrogens is 310 g/mol. The fourth-order valence-electron chi connectivity index (χ4n) is 1.75. The fourth-order valence-corrected chi connectivity index (χ4v) is 3.31. The maximum Gasteiger partial charge on any atom is 0.106 e. The van der Waals surface area contributed by atoms with Gasteiger partial charge in [0.25, 0.3) is 0 Å². The first-order valence-electron chi connectivity index (χ1n) is 6.35. The van der Waals surface area contributed by atoms with Crippen LogP contribution in [-0.2, 0) is 10.8 Å². The van der Waals surface area contributed by atoms with Crippen LogP contribution in [0.15, 0.2) is 22.8 Å². The van der Waals surface area contributed by atoms with Crippen LogP contribution in [0, 0.1) is 0 Å². The molecule has 1 aromatic heterocycles. The van der Waals surface area contributed by atoms with Crippen LogP contribution in [0.4, 0.5) is 0 Å². The SMILES string of the molecule is CCC[C@H](C[S@](=O)C(C)(C)C)c1cccc(Br)n1. The standard InChI is InChI=1S/C14H22BrNOS/c1-5-7-11(10-18(17)14(2,3)4)12-8-6-9-13(15)16-12/h6,8-9,11H,5,7,10H2,1-4H3/t11-,18+/m1/s1. The molecule has 2 atom stereocenters. The van der Waals surface area contributed by atoms with Crippen LogP contribution in [-0.4, -0.2) is 19.7 Å². The van der Waals surface area contributed by atoms with Crippen LogP contribution in [0.25, 0.3) is 0 Å². The molecule has 0 unspecified atom stereocenters. The summed E-state index contributed by atoms with van der Waals surface area (Å²) in [7, 11) is -0.831. The Bertz CT molecular complexity index is 415. The summed E-state index contributed by atoms with van der Waals surface area (Å²) in [6, 6.07) is 5.95. The van der Waals surface area contributed by atoms with Crippen LogP contribution in [0.1, 0.15) is 52.1 Å². The van der Waals surface area contributed by atoms with E-state index in [4.69, 9.17) is 0 Å². The number of rotatable bonds is 5. The van der Waals surface area contributed by atoms with Crippen molar-refractivity contribution in [2.45, 2.75) is 51.2 Å². The average molecular weight is 332 g/mol. The van der Waals surface area contributed by atoms with Gasteiger partial charge in [0.15, 0.2) is 0 Å². The third kappa shape index (κ3) is 4.81. The van der Waals surface area contributed by atoms with Gasteiger partial charge in [-0.15, -0.1) is 0 Å². The first-order chi connectivity index (χ1) is 8.34. The molecule has 0 saturated carbocycles. The highest BCUT2D eigenvalue weighted by Crippen LogP contribution is 2.25. The number of aromatic nitrogens is 1. The van der Waals surface area contributed by atoms with Gasteiger partial charge in [0.1, 0.15) is 4.60 Å². The molecule has 18 heavy (non-hydrogen) atoms. The summed E-state index contributed by atoms with van der Waals surface area (Å²) in [5.41, 5.74) is 1.05. The lowest BCUT2D eigenvalue weighted by atomic mass is 10.0. The van der Waals surface area contributed by atoms with Crippen molar-refractivity contribution < 1.29 is 4.21 Å². The molecule has 0 aliphatic heterocycles. The van der Waals surface area contributed by atoms with Gasteiger partial charge in [0.2, 0.25) is 0 Å². The second kappa shape index (κ2) is 6.80. The molecule has 0 aliphatic rings. The predicted molar refractivity (Wildman–Crippen MR) is 82.3 cm³/mol. The molecule has 0 spiro atoms. The molecule has 0 amide bonds. The molecule has 0 fully saturated rings. The summed E-state index contributed by atoms with van der Waals surface area (Å²) in [6.45, 7) is 8.24. The van der Waals surface area contributed by atoms with E-state index >= 15 is 0 Å². The van der Waals surface area contributed by atoms with E-state index in [1.807, 2.05) is 39.0 Å². The van der Waals surface area contributed by atoms with Gasteiger partial charge in [0.05, 0.1) is 0 Å². The molecule has 0 aliphatic carbocycles. The number of hydrogen-bond donors (Lipinski definition) is 0. The normalized spacial score (nSPS) is 15.4. The van der Waals surface area contributed by atoms with Crippen molar-refractivity contribution in [1.29, 1.82) is 0 Å². The third-order valence-electron chi connectivity index (χ3n) is 2.83. The zero-order valence-corrected chi connectivity index (χ0v) is 14.0. The van der Waals surface area contributed by atoms with E-state index in [2.05, 4.69) is 27.8 Å². The topological polar surface area (TPSA) is 30.0 Å². The fraction of sp³-hybridized carbons (Fsp3) is 0.643. The molecule has 4 heteroatoms. The number of hydrogen-bond acceptors (Lipinski definition) is 2. The Morgan fingerprint density at radius 3 is 2.56 bits per heavy atom. The third-order valence-corrected chi connectivity index (χ3v) is 5.34. The van der Waals surface area contributed by atoms with Crippen molar-refractivity contribution in [2.75, 3.05) is 5.75 Å². The van der Waals surface area contributed by atoms with Gasteiger partial charge in [-0.1, -0.05) is 19.4 Å². The first-order valence-corrected chi connectivity index (χ1v) is 8.46. The Hall–Kier alpha value is -0.220. The summed E-state index contributed by atoms with van der Waals surface area (Å²) in [4.78, 5) is 4.51. The van der Waals surface area contributed by atoms with E-state index in [-0.39, 0.29) is 10.7 Å². The zero-order chi connectivity index (χ0) is 13.8. The molecule has 0 aromatic carbocycles. The number of nitrogens with zero attached hydrogens (tertiary/aromatic N) is 1. The highest BCUT2D eigenvalue weighted by atomic mass is 79.9. The van der Waals surface area contributed by atoms with Crippen molar-refractivity contribution in [2.24, 2.45) is 0 Å². The van der Waals surface area contributed by atoms with Gasteiger partial charge in [-0.05, 0) is 55.3 Å². The molecule has 1 rings (SSSR count). The maximum atomic E-state index is 12.3. The highest BCUT2D eigenvalue weighted by Gasteiger charge is 2.24. The summed E-state index contributed by atoms with van der Waals surface area (Å²) in [5.74, 6) is 0.980. The minimum absolute atomic E-state index is 0.155. The van der Waals surface area contributed by atoms with Gasteiger partial charge in [-0.3, -0.25) is 4.21 Å². The largest absolute Gasteiger partial charge is 0.259 e. The molecule has 2 nitrogen and oxygen atoms in total. The minimum Gasteiger partial charge on any atom is -0.259 e. The van der Waals surface area contributed by atoms with E-state index in [0.717, 1.165) is 23.1 Å². The van der Waals surface area contributed by atoms with Crippen molar-refractivity contribution in [3.8, 4) is 0 Å². The van der Waals surface area contributed by atoms with Crippen LogP contribution in [0.2, 0.25) is 0 Å². The highest BCUT2D eigenvalue weighted by molar-refractivity contribution is 9.10. The second-order valence-corrected chi connectivity index (χ2v) is 8.56. The Labute approximate surface area is 121 Å². The predicted octanol–water partition coefficient (Wildman–Crippen LogP) is 4.28. The van der Waals surface area contributed by atoms with Crippen molar-refractivity contribution in [3.63, 3.8) is 0 Å². The Balaban J connectivity index is 2.87. The van der Waals surface area contributed by atoms with Crippen molar-refractivity contribution >= 4 is 26.7 Å². The van der Waals surface area contributed by atoms with Crippen LogP contribution < -0.4 is 0 Å². The molecular formula is C14H22BrNOS.